The number of esters is 1. The van der Waals surface area contributed by atoms with Crippen LogP contribution in [0.5, 0.6) is 11.5 Å². The second kappa shape index (κ2) is 7.49. The smallest absolute Gasteiger partial charge is 0.338 e. The standard InChI is InChI=1S/C19H15ClO6/c1-23-17-9-12(7-13(20)18(17)24-2)19(22)25-10-14(21)16-8-11-5-3-4-6-15(11)26-16/h3-9H,10H2,1-2H3. The largest absolute Gasteiger partial charge is 0.493 e. The monoisotopic (exact) mass is 374 g/mol. The number of methoxy groups -OCH3 is 2. The number of para-hydroxylation sites is 1. The molecule has 0 fully saturated rings. The van der Waals surface area contributed by atoms with Gasteiger partial charge in [0, 0.05) is 5.39 Å². The first-order chi connectivity index (χ1) is 12.5. The first kappa shape index (κ1) is 17.8. The molecule has 3 rings (SSSR count). The van der Waals surface area contributed by atoms with Crippen LogP contribution in [0.4, 0.5) is 0 Å². The Morgan fingerprint density at radius 1 is 1.08 bits per heavy atom. The maximum Gasteiger partial charge on any atom is 0.338 e. The molecule has 0 radical (unpaired) electrons. The maximum absolute atomic E-state index is 12.2. The van der Waals surface area contributed by atoms with Gasteiger partial charge in [0.15, 0.2) is 23.9 Å². The highest BCUT2D eigenvalue weighted by molar-refractivity contribution is 6.32. The van der Waals surface area contributed by atoms with Crippen LogP contribution in [-0.4, -0.2) is 32.6 Å². The summed E-state index contributed by atoms with van der Waals surface area (Å²) in [5.74, 6) is -0.428. The van der Waals surface area contributed by atoms with E-state index < -0.39 is 18.4 Å². The van der Waals surface area contributed by atoms with E-state index in [1.807, 2.05) is 12.1 Å². The number of halogens is 1. The Kier molecular flexibility index (Phi) is 5.14. The van der Waals surface area contributed by atoms with Crippen LogP contribution in [0, 0.1) is 0 Å². The zero-order valence-corrected chi connectivity index (χ0v) is 14.8. The summed E-state index contributed by atoms with van der Waals surface area (Å²) in [5.41, 5.74) is 0.735. The number of hydrogen-bond donors (Lipinski definition) is 0. The molecule has 0 amide bonds. The van der Waals surface area contributed by atoms with Crippen LogP contribution in [0.25, 0.3) is 11.0 Å². The molecule has 0 aliphatic carbocycles. The van der Waals surface area contributed by atoms with Crippen molar-refractivity contribution >= 4 is 34.3 Å². The quantitative estimate of drug-likeness (QED) is 0.476. The molecule has 0 aliphatic heterocycles. The van der Waals surface area contributed by atoms with Crippen LogP contribution in [0.2, 0.25) is 5.02 Å². The molecule has 134 valence electrons. The summed E-state index contributed by atoms with van der Waals surface area (Å²) in [4.78, 5) is 24.4. The molecule has 1 heterocycles. The lowest BCUT2D eigenvalue weighted by Crippen LogP contribution is -2.14. The molecule has 0 N–H and O–H groups in total. The number of Topliss-reactive ketones (excluding diaryl/α,β-unsaturated/α-hetero) is 1. The van der Waals surface area contributed by atoms with E-state index in [9.17, 15) is 9.59 Å². The van der Waals surface area contributed by atoms with Crippen LogP contribution in [0.1, 0.15) is 20.9 Å². The fourth-order valence-electron chi connectivity index (χ4n) is 2.44. The Bertz CT molecular complexity index is 942. The minimum absolute atomic E-state index is 0.129. The average molecular weight is 375 g/mol. The molecule has 2 aromatic carbocycles. The molecule has 3 aromatic rings. The molecule has 0 saturated heterocycles. The Balaban J connectivity index is 1.72. The second-order valence-electron chi connectivity index (χ2n) is 5.34. The van der Waals surface area contributed by atoms with Gasteiger partial charge in [0.2, 0.25) is 5.78 Å². The molecule has 6 nitrogen and oxygen atoms in total. The van der Waals surface area contributed by atoms with E-state index in [0.717, 1.165) is 5.39 Å². The average Bonchev–Trinajstić information content (AvgIpc) is 3.09. The lowest BCUT2D eigenvalue weighted by atomic mass is 10.2. The van der Waals surface area contributed by atoms with Crippen LogP contribution < -0.4 is 9.47 Å². The van der Waals surface area contributed by atoms with Crippen LogP contribution in [0.3, 0.4) is 0 Å². The van der Waals surface area contributed by atoms with Gasteiger partial charge in [0.05, 0.1) is 24.8 Å². The van der Waals surface area contributed by atoms with Crippen molar-refractivity contribution in [3.63, 3.8) is 0 Å². The molecule has 0 aliphatic rings. The van der Waals surface area contributed by atoms with E-state index in [-0.39, 0.29) is 22.1 Å². The van der Waals surface area contributed by atoms with Crippen LogP contribution in [0.15, 0.2) is 46.9 Å². The van der Waals surface area contributed by atoms with Gasteiger partial charge in [-0.1, -0.05) is 29.8 Å². The SMILES string of the molecule is COc1cc(C(=O)OCC(=O)c2cc3ccccc3o2)cc(Cl)c1OC. The predicted molar refractivity (Wildman–Crippen MR) is 95.4 cm³/mol. The maximum atomic E-state index is 12.2. The number of carbonyl (C=O) groups excluding carboxylic acids is 2. The number of fused-ring (bicyclic) bond motifs is 1. The van der Waals surface area contributed by atoms with Gasteiger partial charge >= 0.3 is 5.97 Å². The fraction of sp³-hybridized carbons (Fsp3) is 0.158. The number of ether oxygens (including phenoxy) is 3. The first-order valence-electron chi connectivity index (χ1n) is 7.64. The zero-order chi connectivity index (χ0) is 18.7. The van der Waals surface area contributed by atoms with Gasteiger partial charge in [-0.05, 0) is 24.3 Å². The molecular weight excluding hydrogens is 360 g/mol. The highest BCUT2D eigenvalue weighted by atomic mass is 35.5. The molecule has 7 heteroatoms. The number of rotatable bonds is 6. The predicted octanol–water partition coefficient (Wildman–Crippen LogP) is 4.14. The van der Waals surface area contributed by atoms with Gasteiger partial charge in [0.1, 0.15) is 5.58 Å². The third-order valence-corrected chi connectivity index (χ3v) is 3.98. The van der Waals surface area contributed by atoms with E-state index in [0.29, 0.717) is 11.3 Å². The Morgan fingerprint density at radius 3 is 2.54 bits per heavy atom. The van der Waals surface area contributed by atoms with Crippen LogP contribution >= 0.6 is 11.6 Å². The molecule has 0 spiro atoms. The number of ketones is 1. The summed E-state index contributed by atoms with van der Waals surface area (Å²) in [6, 6.07) is 11.7. The topological polar surface area (TPSA) is 75.0 Å². The Labute approximate surface area is 154 Å². The van der Waals surface area contributed by atoms with Crippen molar-refractivity contribution in [2.75, 3.05) is 20.8 Å². The first-order valence-corrected chi connectivity index (χ1v) is 8.01. The lowest BCUT2D eigenvalue weighted by Gasteiger charge is -2.11. The minimum Gasteiger partial charge on any atom is -0.493 e. The van der Waals surface area contributed by atoms with E-state index >= 15 is 0 Å². The molecule has 1 aromatic heterocycles. The molecule has 0 bridgehead atoms. The summed E-state index contributed by atoms with van der Waals surface area (Å²) in [6.45, 7) is -0.454. The lowest BCUT2D eigenvalue weighted by molar-refractivity contribution is 0.0468. The Morgan fingerprint density at radius 2 is 1.85 bits per heavy atom. The molecule has 26 heavy (non-hydrogen) atoms. The number of furan rings is 1. The van der Waals surface area contributed by atoms with Crippen molar-refractivity contribution in [3.8, 4) is 11.5 Å². The molecule has 0 unspecified atom stereocenters. The summed E-state index contributed by atoms with van der Waals surface area (Å²) < 4.78 is 20.8. The summed E-state index contributed by atoms with van der Waals surface area (Å²) in [6.07, 6.45) is 0. The fourth-order valence-corrected chi connectivity index (χ4v) is 2.73. The molecular formula is C19H15ClO6. The Hall–Kier alpha value is -2.99. The van der Waals surface area contributed by atoms with E-state index in [1.165, 1.54) is 26.4 Å². The van der Waals surface area contributed by atoms with Gasteiger partial charge in [-0.3, -0.25) is 4.79 Å². The van der Waals surface area contributed by atoms with Crippen molar-refractivity contribution in [1.29, 1.82) is 0 Å². The number of benzene rings is 2. The van der Waals surface area contributed by atoms with Gasteiger partial charge in [-0.25, -0.2) is 4.79 Å². The van der Waals surface area contributed by atoms with Gasteiger partial charge in [-0.2, -0.15) is 0 Å². The highest BCUT2D eigenvalue weighted by Crippen LogP contribution is 2.36. The van der Waals surface area contributed by atoms with Crippen molar-refractivity contribution in [1.82, 2.24) is 0 Å². The van der Waals surface area contributed by atoms with E-state index in [2.05, 4.69) is 0 Å². The van der Waals surface area contributed by atoms with Crippen molar-refractivity contribution < 1.29 is 28.2 Å². The van der Waals surface area contributed by atoms with Gasteiger partial charge in [-0.15, -0.1) is 0 Å². The minimum atomic E-state index is -0.711. The van der Waals surface area contributed by atoms with Crippen molar-refractivity contribution in [3.05, 3.63) is 58.8 Å². The summed E-state index contributed by atoms with van der Waals surface area (Å²) in [5, 5.41) is 0.997. The summed E-state index contributed by atoms with van der Waals surface area (Å²) in [7, 11) is 2.86. The van der Waals surface area contributed by atoms with Crippen molar-refractivity contribution in [2.24, 2.45) is 0 Å². The third kappa shape index (κ3) is 3.50. The highest BCUT2D eigenvalue weighted by Gasteiger charge is 2.19. The van der Waals surface area contributed by atoms with Gasteiger partial charge in [0.25, 0.3) is 0 Å². The normalized spacial score (nSPS) is 10.6. The van der Waals surface area contributed by atoms with E-state index in [4.69, 9.17) is 30.2 Å². The molecule has 0 atom stereocenters. The van der Waals surface area contributed by atoms with Crippen molar-refractivity contribution in [2.45, 2.75) is 0 Å². The summed E-state index contributed by atoms with van der Waals surface area (Å²) >= 11 is 6.07. The number of carbonyl (C=O) groups is 2. The van der Waals surface area contributed by atoms with Crippen LogP contribution in [-0.2, 0) is 4.74 Å². The van der Waals surface area contributed by atoms with E-state index in [1.54, 1.807) is 18.2 Å². The third-order valence-electron chi connectivity index (χ3n) is 3.70. The van der Waals surface area contributed by atoms with Gasteiger partial charge < -0.3 is 18.6 Å². The zero-order valence-electron chi connectivity index (χ0n) is 14.1. The second-order valence-corrected chi connectivity index (χ2v) is 5.75. The number of hydrogen-bond acceptors (Lipinski definition) is 6. The molecule has 0 saturated carbocycles.